The van der Waals surface area contributed by atoms with Gasteiger partial charge in [0.05, 0.1) is 12.7 Å². The first-order valence-corrected chi connectivity index (χ1v) is 7.25. The normalized spacial score (nSPS) is 18.4. The molecule has 0 heterocycles. The molecule has 1 atom stereocenters. The van der Waals surface area contributed by atoms with Crippen molar-refractivity contribution in [3.8, 4) is 5.75 Å². The molecule has 0 amide bonds. The Morgan fingerprint density at radius 3 is 3.00 bits per heavy atom. The van der Waals surface area contributed by atoms with Gasteiger partial charge >= 0.3 is 0 Å². The molecule has 0 saturated carbocycles. The molecule has 0 aliphatic heterocycles. The highest BCUT2D eigenvalue weighted by Gasteiger charge is 2.17. The molecule has 0 fully saturated rings. The molecule has 0 radical (unpaired) electrons. The number of aryl methyl sites for hydroxylation is 1. The van der Waals surface area contributed by atoms with Gasteiger partial charge < -0.3 is 9.84 Å². The van der Waals surface area contributed by atoms with Crippen LogP contribution >= 0.6 is 0 Å². The summed E-state index contributed by atoms with van der Waals surface area (Å²) in [7, 11) is 0. The number of hydrogen-bond acceptors (Lipinski definition) is 2. The van der Waals surface area contributed by atoms with Crippen molar-refractivity contribution in [1.29, 1.82) is 0 Å². The topological polar surface area (TPSA) is 29.5 Å². The lowest BCUT2D eigenvalue weighted by molar-refractivity contribution is 0.156. The van der Waals surface area contributed by atoms with E-state index in [1.807, 2.05) is 12.1 Å². The summed E-state index contributed by atoms with van der Waals surface area (Å²) in [4.78, 5) is 0. The van der Waals surface area contributed by atoms with E-state index >= 15 is 0 Å². The lowest BCUT2D eigenvalue weighted by atomic mass is 9.89. The number of fused-ring (bicyclic) bond motifs is 1. The van der Waals surface area contributed by atoms with E-state index in [2.05, 4.69) is 13.0 Å². The van der Waals surface area contributed by atoms with Crippen LogP contribution in [0.5, 0.6) is 5.75 Å². The van der Waals surface area contributed by atoms with Crippen LogP contribution in [0, 0.1) is 0 Å². The minimum atomic E-state index is -0.271. The van der Waals surface area contributed by atoms with Gasteiger partial charge in [-0.05, 0) is 48.9 Å². The van der Waals surface area contributed by atoms with Crippen LogP contribution in [0.1, 0.15) is 62.7 Å². The largest absolute Gasteiger partial charge is 0.494 e. The van der Waals surface area contributed by atoms with E-state index in [4.69, 9.17) is 4.74 Å². The molecule has 1 unspecified atom stereocenters. The van der Waals surface area contributed by atoms with Crippen molar-refractivity contribution in [2.45, 2.75) is 58.0 Å². The Labute approximate surface area is 110 Å². The second-order valence-corrected chi connectivity index (χ2v) is 5.18. The molecule has 0 aromatic heterocycles. The van der Waals surface area contributed by atoms with Crippen molar-refractivity contribution in [1.82, 2.24) is 0 Å². The van der Waals surface area contributed by atoms with Crippen LogP contribution in [0.4, 0.5) is 0 Å². The lowest BCUT2D eigenvalue weighted by Gasteiger charge is -2.21. The van der Waals surface area contributed by atoms with Gasteiger partial charge in [0.2, 0.25) is 0 Å². The van der Waals surface area contributed by atoms with Crippen LogP contribution in [-0.4, -0.2) is 11.7 Å². The predicted molar refractivity (Wildman–Crippen MR) is 74.0 cm³/mol. The summed E-state index contributed by atoms with van der Waals surface area (Å²) in [6, 6.07) is 6.13. The van der Waals surface area contributed by atoms with Gasteiger partial charge in [-0.25, -0.2) is 0 Å². The van der Waals surface area contributed by atoms with Crippen molar-refractivity contribution in [2.24, 2.45) is 0 Å². The van der Waals surface area contributed by atoms with E-state index in [0.717, 1.165) is 43.6 Å². The molecule has 1 aromatic carbocycles. The van der Waals surface area contributed by atoms with E-state index in [0.29, 0.717) is 0 Å². The summed E-state index contributed by atoms with van der Waals surface area (Å²) >= 11 is 0. The molecule has 1 N–H and O–H groups in total. The Hall–Kier alpha value is -1.02. The van der Waals surface area contributed by atoms with Gasteiger partial charge in [-0.2, -0.15) is 0 Å². The first kappa shape index (κ1) is 13.4. The maximum Gasteiger partial charge on any atom is 0.119 e. The fraction of sp³-hybridized carbons (Fsp3) is 0.625. The van der Waals surface area contributed by atoms with Crippen LogP contribution < -0.4 is 4.74 Å². The number of unbranched alkanes of at least 4 members (excludes halogenated alkanes) is 3. The number of rotatable bonds is 6. The number of benzene rings is 1. The highest BCUT2D eigenvalue weighted by atomic mass is 16.5. The fourth-order valence-corrected chi connectivity index (χ4v) is 2.57. The smallest absolute Gasteiger partial charge is 0.119 e. The highest BCUT2D eigenvalue weighted by Crippen LogP contribution is 2.31. The van der Waals surface area contributed by atoms with Crippen molar-refractivity contribution in [3.63, 3.8) is 0 Å². The maximum absolute atomic E-state index is 9.88. The molecule has 2 rings (SSSR count). The average Bonchev–Trinajstić information content (AvgIpc) is 2.39. The van der Waals surface area contributed by atoms with Crippen LogP contribution in [-0.2, 0) is 6.42 Å². The summed E-state index contributed by atoms with van der Waals surface area (Å²) < 4.78 is 5.77. The summed E-state index contributed by atoms with van der Waals surface area (Å²) in [6.07, 6.45) is 7.70. The Kier molecular flexibility index (Phi) is 5.06. The Morgan fingerprint density at radius 2 is 2.17 bits per heavy atom. The molecule has 0 spiro atoms. The predicted octanol–water partition coefficient (Wildman–Crippen LogP) is 4.02. The summed E-state index contributed by atoms with van der Waals surface area (Å²) in [5.74, 6) is 0.958. The van der Waals surface area contributed by atoms with Crippen molar-refractivity contribution in [3.05, 3.63) is 29.3 Å². The van der Waals surface area contributed by atoms with Crippen LogP contribution in [0.25, 0.3) is 0 Å². The standard InChI is InChI=1S/C16H24O2/c1-2-3-4-5-11-18-14-9-10-15-13(12-14)7-6-8-16(15)17/h9-10,12,16-17H,2-8,11H2,1H3. The fourth-order valence-electron chi connectivity index (χ4n) is 2.57. The Balaban J connectivity index is 1.87. The zero-order chi connectivity index (χ0) is 12.8. The number of ether oxygens (including phenoxy) is 1. The van der Waals surface area contributed by atoms with Gasteiger partial charge in [-0.1, -0.05) is 32.3 Å². The molecule has 1 aliphatic carbocycles. The van der Waals surface area contributed by atoms with Gasteiger partial charge in [0.15, 0.2) is 0 Å². The molecule has 2 heteroatoms. The van der Waals surface area contributed by atoms with E-state index < -0.39 is 0 Å². The molecule has 0 saturated heterocycles. The van der Waals surface area contributed by atoms with Gasteiger partial charge in [0.1, 0.15) is 5.75 Å². The van der Waals surface area contributed by atoms with Gasteiger partial charge in [-0.3, -0.25) is 0 Å². The maximum atomic E-state index is 9.88. The minimum absolute atomic E-state index is 0.271. The first-order valence-electron chi connectivity index (χ1n) is 7.25. The number of hydrogen-bond donors (Lipinski definition) is 1. The number of aliphatic hydroxyl groups excluding tert-OH is 1. The molecule has 1 aromatic rings. The minimum Gasteiger partial charge on any atom is -0.494 e. The van der Waals surface area contributed by atoms with E-state index in [1.165, 1.54) is 24.8 Å². The monoisotopic (exact) mass is 248 g/mol. The number of aliphatic hydroxyl groups is 1. The lowest BCUT2D eigenvalue weighted by Crippen LogP contribution is -2.09. The molecular formula is C16H24O2. The highest BCUT2D eigenvalue weighted by molar-refractivity contribution is 5.38. The van der Waals surface area contributed by atoms with Crippen molar-refractivity contribution < 1.29 is 9.84 Å². The third-order valence-electron chi connectivity index (χ3n) is 3.66. The van der Waals surface area contributed by atoms with E-state index in [-0.39, 0.29) is 6.10 Å². The average molecular weight is 248 g/mol. The van der Waals surface area contributed by atoms with E-state index in [9.17, 15) is 5.11 Å². The van der Waals surface area contributed by atoms with Gasteiger partial charge in [0.25, 0.3) is 0 Å². The van der Waals surface area contributed by atoms with Crippen LogP contribution in [0.15, 0.2) is 18.2 Å². The Morgan fingerprint density at radius 1 is 1.28 bits per heavy atom. The third kappa shape index (κ3) is 3.49. The SMILES string of the molecule is CCCCCCOc1ccc2c(c1)CCCC2O. The quantitative estimate of drug-likeness (QED) is 0.771. The Bertz CT molecular complexity index is 373. The molecule has 2 nitrogen and oxygen atoms in total. The van der Waals surface area contributed by atoms with Gasteiger partial charge in [0, 0.05) is 0 Å². The molecule has 1 aliphatic rings. The summed E-state index contributed by atoms with van der Waals surface area (Å²) in [5.41, 5.74) is 2.36. The van der Waals surface area contributed by atoms with Crippen LogP contribution in [0.2, 0.25) is 0 Å². The van der Waals surface area contributed by atoms with Crippen molar-refractivity contribution in [2.75, 3.05) is 6.61 Å². The van der Waals surface area contributed by atoms with Gasteiger partial charge in [-0.15, -0.1) is 0 Å². The second-order valence-electron chi connectivity index (χ2n) is 5.18. The van der Waals surface area contributed by atoms with Crippen molar-refractivity contribution >= 4 is 0 Å². The third-order valence-corrected chi connectivity index (χ3v) is 3.66. The second kappa shape index (κ2) is 6.79. The zero-order valence-electron chi connectivity index (χ0n) is 11.3. The molecule has 18 heavy (non-hydrogen) atoms. The zero-order valence-corrected chi connectivity index (χ0v) is 11.3. The summed E-state index contributed by atoms with van der Waals surface area (Å²) in [6.45, 7) is 3.02. The molecular weight excluding hydrogens is 224 g/mol. The summed E-state index contributed by atoms with van der Waals surface area (Å²) in [5, 5.41) is 9.88. The first-order chi connectivity index (χ1) is 8.81. The van der Waals surface area contributed by atoms with Crippen LogP contribution in [0.3, 0.4) is 0 Å². The molecule has 0 bridgehead atoms. The molecule has 100 valence electrons. The van der Waals surface area contributed by atoms with E-state index in [1.54, 1.807) is 0 Å².